The molecule has 21 nitrogen and oxygen atoms in total. The Balaban J connectivity index is 1.76. The number of cyclic esters (lactones) is 1. The van der Waals surface area contributed by atoms with Crippen LogP contribution >= 0.6 is 0 Å². The Morgan fingerprint density at radius 1 is 0.900 bits per heavy atom. The number of carbonyl (C=O) groups excluding carboxylic acids is 7. The number of fused-ring (bicyclic) bond motifs is 2. The molecule has 0 aromatic rings. The first-order valence-electron chi connectivity index (χ1n) is 21.2. The van der Waals surface area contributed by atoms with E-state index in [0.717, 1.165) is 36.7 Å². The van der Waals surface area contributed by atoms with E-state index in [-0.39, 0.29) is 48.4 Å². The molecule has 0 aliphatic carbocycles. The minimum atomic E-state index is -2.70. The zero-order valence-electron chi connectivity index (χ0n) is 36.0. The number of hydrazine groups is 2. The number of nitrogens with zero attached hydrogens (tertiary/aromatic N) is 4. The average Bonchev–Trinajstić information content (AvgIpc) is 3.23. The third-order valence-electron chi connectivity index (χ3n) is 12.1. The lowest BCUT2D eigenvalue weighted by atomic mass is 9.79. The fourth-order valence-corrected chi connectivity index (χ4v) is 8.06. The summed E-state index contributed by atoms with van der Waals surface area (Å²) in [4.78, 5) is 97.0. The molecule has 60 heavy (non-hydrogen) atoms. The van der Waals surface area contributed by atoms with Gasteiger partial charge in [-0.15, -0.1) is 0 Å². The Kier molecular flexibility index (Phi) is 16.4. The van der Waals surface area contributed by atoms with Gasteiger partial charge in [0.2, 0.25) is 11.7 Å². The van der Waals surface area contributed by atoms with Crippen LogP contribution in [-0.4, -0.2) is 156 Å². The molecule has 340 valence electrons. The average molecular weight is 855 g/mol. The van der Waals surface area contributed by atoms with E-state index in [1.807, 2.05) is 6.92 Å². The SMILES string of the molecule is CC[C@@H]1O[C@@](O)([C@@](C)(O)C(=O)N[C@@H]2C(=O)N3NCCC[C@@H]3C(=O)N(O)[C@@H](C)C(=O)NCC(=O)N3NCCC[C@H]3C(=O)N(O)[C@H](C)C(=O)O[C@H]2C(C)C)CC[C@@H]1CCC(C)C. The molecule has 0 unspecified atom stereocenters. The summed E-state index contributed by atoms with van der Waals surface area (Å²) in [5.41, 5.74) is 2.86. The molecule has 4 fully saturated rings. The molecule has 0 aromatic heterocycles. The molecule has 4 saturated heterocycles. The Bertz CT molecular complexity index is 1600. The number of hydroxylamine groups is 4. The number of amides is 6. The van der Waals surface area contributed by atoms with Gasteiger partial charge in [0.1, 0.15) is 30.3 Å². The first kappa shape index (κ1) is 48.7. The van der Waals surface area contributed by atoms with E-state index < -0.39 is 108 Å². The molecular weight excluding hydrogens is 788 g/mol. The van der Waals surface area contributed by atoms with Crippen LogP contribution in [0.4, 0.5) is 0 Å². The van der Waals surface area contributed by atoms with Gasteiger partial charge in [-0.05, 0) is 83.5 Å². The fraction of sp³-hybridized carbons (Fsp3) is 0.821. The number of ether oxygens (including phenoxy) is 2. The topological polar surface area (TPSA) is 280 Å². The van der Waals surface area contributed by atoms with Gasteiger partial charge < -0.3 is 30.3 Å². The van der Waals surface area contributed by atoms with Crippen LogP contribution in [0.1, 0.15) is 113 Å². The van der Waals surface area contributed by atoms with Crippen molar-refractivity contribution >= 4 is 41.4 Å². The Hall–Kier alpha value is -3.99. The van der Waals surface area contributed by atoms with Gasteiger partial charge >= 0.3 is 5.97 Å². The van der Waals surface area contributed by atoms with Crippen LogP contribution in [-0.2, 0) is 43.0 Å². The number of nitrogens with one attached hydrogen (secondary N) is 4. The van der Waals surface area contributed by atoms with Gasteiger partial charge in [-0.2, -0.15) is 0 Å². The van der Waals surface area contributed by atoms with Crippen molar-refractivity contribution < 1.29 is 63.7 Å². The molecule has 0 aromatic carbocycles. The highest BCUT2D eigenvalue weighted by Gasteiger charge is 2.57. The maximum Gasteiger partial charge on any atom is 0.331 e. The molecular formula is C39H66N8O13. The summed E-state index contributed by atoms with van der Waals surface area (Å²) in [6.45, 7) is 12.2. The van der Waals surface area contributed by atoms with Gasteiger partial charge in [0.15, 0.2) is 11.6 Å². The van der Waals surface area contributed by atoms with Crippen LogP contribution in [0.3, 0.4) is 0 Å². The predicted molar refractivity (Wildman–Crippen MR) is 209 cm³/mol. The van der Waals surface area contributed by atoms with Gasteiger partial charge in [0.05, 0.1) is 12.6 Å². The van der Waals surface area contributed by atoms with Crippen LogP contribution in [0.25, 0.3) is 0 Å². The molecule has 0 spiro atoms. The monoisotopic (exact) mass is 854 g/mol. The molecule has 10 atom stereocenters. The van der Waals surface area contributed by atoms with Crippen molar-refractivity contribution in [2.75, 3.05) is 19.6 Å². The molecule has 0 bridgehead atoms. The Morgan fingerprint density at radius 3 is 2.03 bits per heavy atom. The van der Waals surface area contributed by atoms with Crippen LogP contribution in [0.15, 0.2) is 0 Å². The van der Waals surface area contributed by atoms with Crippen LogP contribution in [0.2, 0.25) is 0 Å². The largest absolute Gasteiger partial charge is 0.458 e. The lowest BCUT2D eigenvalue weighted by Crippen LogP contribution is -2.70. The normalized spacial score (nSPS) is 33.3. The highest BCUT2D eigenvalue weighted by Crippen LogP contribution is 2.41. The third kappa shape index (κ3) is 10.5. The van der Waals surface area contributed by atoms with Crippen LogP contribution in [0, 0.1) is 17.8 Å². The number of carbonyl (C=O) groups is 7. The Labute approximate surface area is 350 Å². The molecule has 4 aliphatic rings. The van der Waals surface area contributed by atoms with E-state index in [4.69, 9.17) is 9.47 Å². The molecule has 0 radical (unpaired) electrons. The smallest absolute Gasteiger partial charge is 0.331 e. The van der Waals surface area contributed by atoms with E-state index in [9.17, 15) is 54.2 Å². The van der Waals surface area contributed by atoms with Gasteiger partial charge in [-0.1, -0.05) is 41.0 Å². The summed E-state index contributed by atoms with van der Waals surface area (Å²) in [5.74, 6) is -10.3. The molecule has 6 amide bonds. The first-order chi connectivity index (χ1) is 28.1. The zero-order chi connectivity index (χ0) is 44.9. The summed E-state index contributed by atoms with van der Waals surface area (Å²) >= 11 is 0. The lowest BCUT2D eigenvalue weighted by Gasteiger charge is -2.48. The highest BCUT2D eigenvalue weighted by atomic mass is 16.6. The summed E-state index contributed by atoms with van der Waals surface area (Å²) in [6.07, 6.45) is 1.09. The van der Waals surface area contributed by atoms with Gasteiger partial charge in [0, 0.05) is 19.5 Å². The van der Waals surface area contributed by atoms with E-state index in [0.29, 0.717) is 31.6 Å². The molecule has 4 aliphatic heterocycles. The van der Waals surface area contributed by atoms with Gasteiger partial charge in [-0.3, -0.25) is 49.2 Å². The van der Waals surface area contributed by atoms with Crippen molar-refractivity contribution in [1.82, 2.24) is 41.6 Å². The maximum absolute atomic E-state index is 14.8. The van der Waals surface area contributed by atoms with Crippen LogP contribution < -0.4 is 21.5 Å². The van der Waals surface area contributed by atoms with Crippen molar-refractivity contribution in [1.29, 1.82) is 0 Å². The number of rotatable bonds is 8. The maximum atomic E-state index is 14.8. The van der Waals surface area contributed by atoms with Crippen molar-refractivity contribution in [2.45, 2.75) is 167 Å². The zero-order valence-corrected chi connectivity index (χ0v) is 36.0. The molecule has 4 rings (SSSR count). The standard InChI is InChI=1S/C39H66N8O13/c1-9-28-25(15-14-21(2)3)16-17-39(56,60-28)38(8,55)37(54)43-30-31(22(4)5)59-36(53)24(7)47(58)33(50)26-12-10-18-41-44(26)29(48)20-40-32(49)23(6)46(57)34(51)27-13-11-19-42-45(27)35(30)52/h21-28,30-31,41-42,55-58H,9-20H2,1-8H3,(H,40,49)(H,43,54)/t23-,24+,25-,26-,27+,28-,30-,31-,38-,39+/m0/s1. The molecule has 8 N–H and O–H groups in total. The van der Waals surface area contributed by atoms with Crippen molar-refractivity contribution in [2.24, 2.45) is 17.8 Å². The quantitative estimate of drug-likeness (QED) is 0.112. The van der Waals surface area contributed by atoms with Crippen molar-refractivity contribution in [3.63, 3.8) is 0 Å². The van der Waals surface area contributed by atoms with E-state index in [1.165, 1.54) is 6.92 Å². The van der Waals surface area contributed by atoms with E-state index in [1.54, 1.807) is 13.8 Å². The van der Waals surface area contributed by atoms with Gasteiger partial charge in [-0.25, -0.2) is 25.8 Å². The predicted octanol–water partition coefficient (Wildman–Crippen LogP) is -0.546. The van der Waals surface area contributed by atoms with E-state index >= 15 is 0 Å². The van der Waals surface area contributed by atoms with Gasteiger partial charge in [0.25, 0.3) is 29.5 Å². The molecule has 21 heteroatoms. The molecule has 4 heterocycles. The first-order valence-corrected chi connectivity index (χ1v) is 21.2. The summed E-state index contributed by atoms with van der Waals surface area (Å²) in [7, 11) is 0. The highest BCUT2D eigenvalue weighted by molar-refractivity contribution is 5.97. The van der Waals surface area contributed by atoms with E-state index in [2.05, 4.69) is 35.3 Å². The summed E-state index contributed by atoms with van der Waals surface area (Å²) < 4.78 is 11.9. The number of esters is 1. The third-order valence-corrected chi connectivity index (χ3v) is 12.1. The summed E-state index contributed by atoms with van der Waals surface area (Å²) in [6, 6.07) is -8.05. The van der Waals surface area contributed by atoms with Crippen molar-refractivity contribution in [3.8, 4) is 0 Å². The summed E-state index contributed by atoms with van der Waals surface area (Å²) in [5, 5.41) is 52.7. The van der Waals surface area contributed by atoms with Crippen molar-refractivity contribution in [3.05, 3.63) is 0 Å². The minimum absolute atomic E-state index is 0.0312. The Morgan fingerprint density at radius 2 is 1.47 bits per heavy atom. The van der Waals surface area contributed by atoms with Crippen LogP contribution in [0.5, 0.6) is 0 Å². The second-order valence-corrected chi connectivity index (χ2v) is 17.3. The number of hydrogen-bond donors (Lipinski definition) is 8. The second-order valence-electron chi connectivity index (χ2n) is 17.3. The fourth-order valence-electron chi connectivity index (χ4n) is 8.06. The second kappa shape index (κ2) is 20.3. The minimum Gasteiger partial charge on any atom is -0.458 e. The number of hydrogen-bond acceptors (Lipinski definition) is 15. The lowest BCUT2D eigenvalue weighted by molar-refractivity contribution is -0.328. The molecule has 0 saturated carbocycles. The number of aliphatic hydroxyl groups is 2.